The topological polar surface area (TPSA) is 72.2 Å². The Kier molecular flexibility index (Phi) is 4.64. The van der Waals surface area contributed by atoms with Crippen molar-refractivity contribution in [3.05, 3.63) is 45.4 Å². The molecule has 0 aliphatic rings. The first-order valence-corrected chi connectivity index (χ1v) is 8.35. The van der Waals surface area contributed by atoms with Gasteiger partial charge in [0.15, 0.2) is 0 Å². The summed E-state index contributed by atoms with van der Waals surface area (Å²) in [7, 11) is -3.74. The molecule has 1 aromatic carbocycles. The maximum atomic E-state index is 12.9. The molecule has 8 heteroatoms. The highest BCUT2D eigenvalue weighted by atomic mass is 35.5. The number of benzene rings is 1. The number of hydrogen-bond donors (Lipinski definition) is 2. The molecule has 0 unspecified atom stereocenters. The molecule has 0 spiro atoms. The van der Waals surface area contributed by atoms with E-state index in [1.54, 1.807) is 6.07 Å². The molecule has 2 rings (SSSR count). The van der Waals surface area contributed by atoms with E-state index >= 15 is 0 Å². The fourth-order valence-corrected chi connectivity index (χ4v) is 3.87. The molecule has 0 amide bonds. The van der Waals surface area contributed by atoms with Crippen LogP contribution in [0.1, 0.15) is 4.88 Å². The Balaban J connectivity index is 2.04. The van der Waals surface area contributed by atoms with E-state index in [1.807, 2.05) is 6.07 Å². The molecule has 3 N–H and O–H groups in total. The van der Waals surface area contributed by atoms with Crippen LogP contribution in [0, 0.1) is 5.82 Å². The van der Waals surface area contributed by atoms with Gasteiger partial charge in [0.2, 0.25) is 10.0 Å². The van der Waals surface area contributed by atoms with Crippen molar-refractivity contribution < 1.29 is 12.8 Å². The van der Waals surface area contributed by atoms with E-state index in [-0.39, 0.29) is 17.1 Å². The number of nitrogens with two attached hydrogens (primary N) is 1. The molecular formula is C12H12ClFN2O2S2. The molecule has 0 saturated carbocycles. The van der Waals surface area contributed by atoms with Crippen molar-refractivity contribution in [1.82, 2.24) is 4.72 Å². The normalized spacial score (nSPS) is 11.7. The van der Waals surface area contributed by atoms with Gasteiger partial charge in [0.05, 0.1) is 10.0 Å². The molecule has 20 heavy (non-hydrogen) atoms. The molecule has 0 bridgehead atoms. The number of anilines is 1. The molecule has 0 aliphatic carbocycles. The summed E-state index contributed by atoms with van der Waals surface area (Å²) in [6, 6.07) is 6.79. The van der Waals surface area contributed by atoms with Crippen LogP contribution in [0.3, 0.4) is 0 Å². The summed E-state index contributed by atoms with van der Waals surface area (Å²) in [6.07, 6.45) is 0.526. The average molecular weight is 335 g/mol. The highest BCUT2D eigenvalue weighted by Crippen LogP contribution is 2.22. The summed E-state index contributed by atoms with van der Waals surface area (Å²) >= 11 is 7.18. The number of thiophene rings is 1. The van der Waals surface area contributed by atoms with Crippen LogP contribution in [-0.2, 0) is 16.4 Å². The minimum Gasteiger partial charge on any atom is -0.398 e. The van der Waals surface area contributed by atoms with Gasteiger partial charge in [-0.2, -0.15) is 0 Å². The van der Waals surface area contributed by atoms with E-state index in [4.69, 9.17) is 17.3 Å². The van der Waals surface area contributed by atoms with Crippen LogP contribution in [-0.4, -0.2) is 15.0 Å². The van der Waals surface area contributed by atoms with E-state index in [2.05, 4.69) is 4.72 Å². The summed E-state index contributed by atoms with van der Waals surface area (Å²) in [4.78, 5) is 0.855. The zero-order chi connectivity index (χ0) is 14.8. The van der Waals surface area contributed by atoms with Gasteiger partial charge in [-0.1, -0.05) is 11.6 Å². The maximum Gasteiger partial charge on any atom is 0.242 e. The van der Waals surface area contributed by atoms with Gasteiger partial charge in [0, 0.05) is 11.4 Å². The smallest absolute Gasteiger partial charge is 0.242 e. The monoisotopic (exact) mass is 334 g/mol. The summed E-state index contributed by atoms with van der Waals surface area (Å²) in [6.45, 7) is 0.218. The van der Waals surface area contributed by atoms with Crippen molar-refractivity contribution in [2.75, 3.05) is 12.3 Å². The summed E-state index contributed by atoms with van der Waals surface area (Å²) in [5.41, 5.74) is 5.40. The van der Waals surface area contributed by atoms with Gasteiger partial charge in [0.1, 0.15) is 10.7 Å². The standard InChI is InChI=1S/C12H12ClFN2O2S2/c13-12-4-2-9(19-12)5-6-16-20(17,18)11-3-1-8(14)7-10(11)15/h1-4,7,16H,5-6,15H2. The van der Waals surface area contributed by atoms with E-state index < -0.39 is 15.8 Å². The van der Waals surface area contributed by atoms with Crippen molar-refractivity contribution in [2.45, 2.75) is 11.3 Å². The molecule has 1 heterocycles. The molecule has 1 aromatic heterocycles. The van der Waals surface area contributed by atoms with Crippen molar-refractivity contribution in [2.24, 2.45) is 0 Å². The third-order valence-electron chi connectivity index (χ3n) is 2.55. The molecular weight excluding hydrogens is 323 g/mol. The first-order chi connectivity index (χ1) is 9.38. The maximum absolute atomic E-state index is 12.9. The van der Waals surface area contributed by atoms with Crippen LogP contribution >= 0.6 is 22.9 Å². The molecule has 0 fully saturated rings. The lowest BCUT2D eigenvalue weighted by atomic mass is 10.3. The minimum atomic E-state index is -3.74. The second-order valence-electron chi connectivity index (χ2n) is 4.04. The molecule has 0 radical (unpaired) electrons. The third kappa shape index (κ3) is 3.69. The Hall–Kier alpha value is -1.15. The molecule has 0 atom stereocenters. The number of halogens is 2. The second-order valence-corrected chi connectivity index (χ2v) is 7.57. The fraction of sp³-hybridized carbons (Fsp3) is 0.167. The van der Waals surface area contributed by atoms with Gasteiger partial charge in [-0.15, -0.1) is 11.3 Å². The van der Waals surface area contributed by atoms with Crippen LogP contribution < -0.4 is 10.5 Å². The van der Waals surface area contributed by atoms with Crippen molar-refractivity contribution in [3.8, 4) is 0 Å². The Bertz CT molecular complexity index is 716. The van der Waals surface area contributed by atoms with E-state index in [9.17, 15) is 12.8 Å². The van der Waals surface area contributed by atoms with E-state index in [1.165, 1.54) is 11.3 Å². The van der Waals surface area contributed by atoms with Crippen molar-refractivity contribution in [1.29, 1.82) is 0 Å². The van der Waals surface area contributed by atoms with E-state index in [0.717, 1.165) is 23.1 Å². The first-order valence-electron chi connectivity index (χ1n) is 5.67. The Morgan fingerprint density at radius 3 is 2.65 bits per heavy atom. The number of nitrogen functional groups attached to an aromatic ring is 1. The number of sulfonamides is 1. The number of hydrogen-bond acceptors (Lipinski definition) is 4. The Morgan fingerprint density at radius 2 is 2.05 bits per heavy atom. The van der Waals surface area contributed by atoms with Gasteiger partial charge in [0.25, 0.3) is 0 Å². The van der Waals surface area contributed by atoms with Crippen LogP contribution in [0.2, 0.25) is 4.34 Å². The first kappa shape index (κ1) is 15.2. The fourth-order valence-electron chi connectivity index (χ4n) is 1.64. The lowest BCUT2D eigenvalue weighted by Crippen LogP contribution is -2.26. The van der Waals surface area contributed by atoms with Gasteiger partial charge in [-0.05, 0) is 36.8 Å². The van der Waals surface area contributed by atoms with Crippen molar-refractivity contribution in [3.63, 3.8) is 0 Å². The average Bonchev–Trinajstić information content (AvgIpc) is 2.74. The summed E-state index contributed by atoms with van der Waals surface area (Å²) in [5.74, 6) is -0.574. The van der Waals surface area contributed by atoms with Gasteiger partial charge < -0.3 is 5.73 Å². The molecule has 2 aromatic rings. The van der Waals surface area contributed by atoms with Crippen molar-refractivity contribution >= 4 is 38.6 Å². The quantitative estimate of drug-likeness (QED) is 0.826. The van der Waals surface area contributed by atoms with Gasteiger partial charge in [-0.3, -0.25) is 0 Å². The minimum absolute atomic E-state index is 0.114. The number of nitrogens with one attached hydrogen (secondary N) is 1. The predicted molar refractivity (Wildman–Crippen MR) is 79.0 cm³/mol. The summed E-state index contributed by atoms with van der Waals surface area (Å²) < 4.78 is 40.0. The third-order valence-corrected chi connectivity index (χ3v) is 5.38. The molecule has 0 saturated heterocycles. The Morgan fingerprint density at radius 1 is 1.30 bits per heavy atom. The SMILES string of the molecule is Nc1cc(F)ccc1S(=O)(=O)NCCc1ccc(Cl)s1. The molecule has 0 aliphatic heterocycles. The van der Waals surface area contributed by atoms with Crippen LogP contribution in [0.15, 0.2) is 35.2 Å². The van der Waals surface area contributed by atoms with Crippen LogP contribution in [0.25, 0.3) is 0 Å². The van der Waals surface area contributed by atoms with E-state index in [0.29, 0.717) is 10.8 Å². The number of rotatable bonds is 5. The lowest BCUT2D eigenvalue weighted by molar-refractivity contribution is 0.581. The van der Waals surface area contributed by atoms with Gasteiger partial charge >= 0.3 is 0 Å². The predicted octanol–water partition coefficient (Wildman–Crippen LogP) is 2.64. The Labute approximate surface area is 125 Å². The van der Waals surface area contributed by atoms with Crippen LogP contribution in [0.4, 0.5) is 10.1 Å². The second kappa shape index (κ2) is 6.09. The zero-order valence-corrected chi connectivity index (χ0v) is 12.7. The zero-order valence-electron chi connectivity index (χ0n) is 10.3. The highest BCUT2D eigenvalue weighted by molar-refractivity contribution is 7.89. The molecule has 108 valence electrons. The molecule has 4 nitrogen and oxygen atoms in total. The summed E-state index contributed by atoms with van der Waals surface area (Å²) in [5, 5.41) is 0. The largest absolute Gasteiger partial charge is 0.398 e. The van der Waals surface area contributed by atoms with Gasteiger partial charge in [-0.25, -0.2) is 17.5 Å². The highest BCUT2D eigenvalue weighted by Gasteiger charge is 2.17. The van der Waals surface area contributed by atoms with Crippen LogP contribution in [0.5, 0.6) is 0 Å². The lowest BCUT2D eigenvalue weighted by Gasteiger charge is -2.08.